The predicted molar refractivity (Wildman–Crippen MR) is 86.8 cm³/mol. The van der Waals surface area contributed by atoms with Crippen LogP contribution in [-0.4, -0.2) is 45.9 Å². The molecule has 120 valence electrons. The fourth-order valence-corrected chi connectivity index (χ4v) is 3.78. The Labute approximate surface area is 135 Å². The molecule has 0 spiro atoms. The normalized spacial score (nSPS) is 19.6. The minimum absolute atomic E-state index is 0.287. The van der Waals surface area contributed by atoms with Gasteiger partial charge in [0.25, 0.3) is 0 Å². The summed E-state index contributed by atoms with van der Waals surface area (Å²) in [4.78, 5) is 8.03. The van der Waals surface area contributed by atoms with E-state index in [-0.39, 0.29) is 6.61 Å². The van der Waals surface area contributed by atoms with Gasteiger partial charge in [0.2, 0.25) is 11.7 Å². The van der Waals surface area contributed by atoms with E-state index < -0.39 is 0 Å². The van der Waals surface area contributed by atoms with Crippen LogP contribution in [0.1, 0.15) is 38.0 Å². The van der Waals surface area contributed by atoms with Crippen molar-refractivity contribution < 1.29 is 9.63 Å². The third kappa shape index (κ3) is 3.94. The number of aliphatic hydroxyl groups excluding tert-OH is 1. The molecule has 1 fully saturated rings. The van der Waals surface area contributed by atoms with Gasteiger partial charge in [-0.1, -0.05) is 17.6 Å². The second-order valence-electron chi connectivity index (χ2n) is 5.79. The molecular weight excluding hydrogens is 298 g/mol. The Bertz CT molecular complexity index is 554. The molecule has 22 heavy (non-hydrogen) atoms. The van der Waals surface area contributed by atoms with Crippen molar-refractivity contribution in [1.82, 2.24) is 15.0 Å². The molecule has 0 bridgehead atoms. The summed E-state index contributed by atoms with van der Waals surface area (Å²) < 4.78 is 5.34. The molecule has 2 aromatic heterocycles. The molecule has 1 unspecified atom stereocenters. The molecule has 1 aliphatic rings. The molecule has 0 radical (unpaired) electrons. The summed E-state index contributed by atoms with van der Waals surface area (Å²) in [6.45, 7) is 2.48. The van der Waals surface area contributed by atoms with E-state index in [1.165, 1.54) is 19.3 Å². The van der Waals surface area contributed by atoms with Crippen LogP contribution < -0.4 is 0 Å². The van der Waals surface area contributed by atoms with E-state index in [2.05, 4.69) is 15.0 Å². The van der Waals surface area contributed by atoms with Gasteiger partial charge in [-0.15, -0.1) is 11.3 Å². The third-order valence-electron chi connectivity index (χ3n) is 4.26. The van der Waals surface area contributed by atoms with Crippen LogP contribution >= 0.6 is 11.3 Å². The van der Waals surface area contributed by atoms with E-state index in [0.29, 0.717) is 11.9 Å². The number of aryl methyl sites for hydroxylation is 1. The highest BCUT2D eigenvalue weighted by atomic mass is 32.1. The first-order valence-corrected chi connectivity index (χ1v) is 8.96. The number of nitrogens with zero attached hydrogens (tertiary/aromatic N) is 3. The lowest BCUT2D eigenvalue weighted by Crippen LogP contribution is -2.40. The Hall–Kier alpha value is -1.24. The third-order valence-corrected chi connectivity index (χ3v) is 5.12. The topological polar surface area (TPSA) is 62.4 Å². The van der Waals surface area contributed by atoms with Gasteiger partial charge in [0.15, 0.2) is 0 Å². The Balaban J connectivity index is 1.48. The highest BCUT2D eigenvalue weighted by Crippen LogP contribution is 2.22. The van der Waals surface area contributed by atoms with Gasteiger partial charge >= 0.3 is 0 Å². The second-order valence-corrected chi connectivity index (χ2v) is 6.74. The van der Waals surface area contributed by atoms with E-state index >= 15 is 0 Å². The molecule has 0 saturated carbocycles. The lowest BCUT2D eigenvalue weighted by Gasteiger charge is -2.35. The molecule has 5 nitrogen and oxygen atoms in total. The van der Waals surface area contributed by atoms with Gasteiger partial charge in [-0.25, -0.2) is 0 Å². The van der Waals surface area contributed by atoms with Crippen LogP contribution in [0.15, 0.2) is 22.0 Å². The van der Waals surface area contributed by atoms with E-state index in [0.717, 1.165) is 43.1 Å². The van der Waals surface area contributed by atoms with Crippen molar-refractivity contribution in [2.24, 2.45) is 0 Å². The molecule has 0 aliphatic carbocycles. The molecule has 0 amide bonds. The van der Waals surface area contributed by atoms with Gasteiger partial charge in [0, 0.05) is 19.1 Å². The Morgan fingerprint density at radius 3 is 3.18 bits per heavy atom. The van der Waals surface area contributed by atoms with Crippen LogP contribution in [0.3, 0.4) is 0 Å². The van der Waals surface area contributed by atoms with Crippen LogP contribution in [0.4, 0.5) is 0 Å². The number of likely N-dealkylation sites (tertiary alicyclic amines) is 1. The predicted octanol–water partition coefficient (Wildman–Crippen LogP) is 2.97. The summed E-state index contributed by atoms with van der Waals surface area (Å²) in [6, 6.07) is 4.54. The molecule has 1 N–H and O–H groups in total. The highest BCUT2D eigenvalue weighted by Gasteiger charge is 2.21. The lowest BCUT2D eigenvalue weighted by atomic mass is 9.99. The first-order chi connectivity index (χ1) is 10.9. The molecule has 3 heterocycles. The Kier molecular flexibility index (Phi) is 5.58. The zero-order valence-corrected chi connectivity index (χ0v) is 13.6. The van der Waals surface area contributed by atoms with E-state index in [1.807, 2.05) is 17.5 Å². The van der Waals surface area contributed by atoms with Crippen molar-refractivity contribution in [3.05, 3.63) is 23.4 Å². The molecule has 2 aromatic rings. The average Bonchev–Trinajstić information content (AvgIpc) is 3.20. The van der Waals surface area contributed by atoms with Crippen molar-refractivity contribution in [3.63, 3.8) is 0 Å². The first kappa shape index (κ1) is 15.6. The van der Waals surface area contributed by atoms with Gasteiger partial charge in [0.05, 0.1) is 4.88 Å². The maximum atomic E-state index is 9.17. The van der Waals surface area contributed by atoms with Gasteiger partial charge < -0.3 is 14.5 Å². The van der Waals surface area contributed by atoms with Gasteiger partial charge in [-0.2, -0.15) is 4.98 Å². The van der Waals surface area contributed by atoms with Crippen molar-refractivity contribution in [3.8, 4) is 10.7 Å². The number of aromatic nitrogens is 2. The van der Waals surface area contributed by atoms with E-state index in [4.69, 9.17) is 4.52 Å². The average molecular weight is 321 g/mol. The monoisotopic (exact) mass is 321 g/mol. The standard InChI is InChI=1S/C16H23N3O2S/c20-11-8-13-5-1-2-9-19(13)10-3-7-15-17-16(18-21-15)14-6-4-12-22-14/h4,6,12-13,20H,1-3,5,7-11H2. The summed E-state index contributed by atoms with van der Waals surface area (Å²) in [5.74, 6) is 1.42. The summed E-state index contributed by atoms with van der Waals surface area (Å²) >= 11 is 1.62. The molecule has 1 atom stereocenters. The number of rotatable bonds is 7. The summed E-state index contributed by atoms with van der Waals surface area (Å²) in [5, 5.41) is 15.2. The number of piperidine rings is 1. The van der Waals surface area contributed by atoms with Crippen molar-refractivity contribution in [1.29, 1.82) is 0 Å². The van der Waals surface area contributed by atoms with Gasteiger partial charge in [-0.3, -0.25) is 0 Å². The number of thiophene rings is 1. The molecular formula is C16H23N3O2S. The lowest BCUT2D eigenvalue weighted by molar-refractivity contribution is 0.117. The Morgan fingerprint density at radius 2 is 2.36 bits per heavy atom. The highest BCUT2D eigenvalue weighted by molar-refractivity contribution is 7.13. The molecule has 1 saturated heterocycles. The quantitative estimate of drug-likeness (QED) is 0.849. The maximum absolute atomic E-state index is 9.17. The maximum Gasteiger partial charge on any atom is 0.227 e. The zero-order valence-electron chi connectivity index (χ0n) is 12.8. The summed E-state index contributed by atoms with van der Waals surface area (Å²) in [5.41, 5.74) is 0. The van der Waals surface area contributed by atoms with Gasteiger partial charge in [0.1, 0.15) is 0 Å². The number of hydrogen-bond acceptors (Lipinski definition) is 6. The minimum Gasteiger partial charge on any atom is -0.396 e. The van der Waals surface area contributed by atoms with Crippen molar-refractivity contribution >= 4 is 11.3 Å². The van der Waals surface area contributed by atoms with Crippen LogP contribution in [0, 0.1) is 0 Å². The molecule has 3 rings (SSSR count). The smallest absolute Gasteiger partial charge is 0.227 e. The van der Waals surface area contributed by atoms with Crippen LogP contribution in [0.2, 0.25) is 0 Å². The molecule has 6 heteroatoms. The minimum atomic E-state index is 0.287. The Morgan fingerprint density at radius 1 is 1.41 bits per heavy atom. The van der Waals surface area contributed by atoms with Crippen LogP contribution in [0.5, 0.6) is 0 Å². The van der Waals surface area contributed by atoms with E-state index in [9.17, 15) is 5.11 Å². The zero-order chi connectivity index (χ0) is 15.2. The fraction of sp³-hybridized carbons (Fsp3) is 0.625. The van der Waals surface area contributed by atoms with Crippen molar-refractivity contribution in [2.45, 2.75) is 44.6 Å². The van der Waals surface area contributed by atoms with Crippen LogP contribution in [0.25, 0.3) is 10.7 Å². The summed E-state index contributed by atoms with van der Waals surface area (Å²) in [7, 11) is 0. The van der Waals surface area contributed by atoms with Crippen LogP contribution in [-0.2, 0) is 6.42 Å². The SMILES string of the molecule is OCCC1CCCCN1CCCc1nc(-c2cccs2)no1. The fourth-order valence-electron chi connectivity index (χ4n) is 3.13. The second kappa shape index (κ2) is 7.85. The first-order valence-electron chi connectivity index (χ1n) is 8.08. The van der Waals surface area contributed by atoms with Crippen molar-refractivity contribution in [2.75, 3.05) is 19.7 Å². The van der Waals surface area contributed by atoms with Gasteiger partial charge in [-0.05, 0) is 50.2 Å². The van der Waals surface area contributed by atoms with E-state index in [1.54, 1.807) is 11.3 Å². The largest absolute Gasteiger partial charge is 0.396 e. The molecule has 0 aromatic carbocycles. The summed E-state index contributed by atoms with van der Waals surface area (Å²) in [6.07, 6.45) is 6.50. The molecule has 1 aliphatic heterocycles. The number of aliphatic hydroxyl groups is 1. The number of hydrogen-bond donors (Lipinski definition) is 1.